The Morgan fingerprint density at radius 1 is 1.27 bits per heavy atom. The van der Waals surface area contributed by atoms with E-state index in [4.69, 9.17) is 4.74 Å². The lowest BCUT2D eigenvalue weighted by Gasteiger charge is -2.20. The third kappa shape index (κ3) is 6.50. The van der Waals surface area contributed by atoms with Crippen molar-refractivity contribution in [2.45, 2.75) is 52.1 Å². The highest BCUT2D eigenvalue weighted by molar-refractivity contribution is 5.68. The summed E-state index contributed by atoms with van der Waals surface area (Å²) in [5, 5.41) is 0. The van der Waals surface area contributed by atoms with Crippen molar-refractivity contribution in [3.05, 3.63) is 0 Å². The molecule has 3 heteroatoms. The molecule has 0 spiro atoms. The van der Waals surface area contributed by atoms with Gasteiger partial charge in [-0.2, -0.15) is 0 Å². The fourth-order valence-electron chi connectivity index (χ4n) is 1.82. The number of hydrogen-bond donors (Lipinski definition) is 0. The van der Waals surface area contributed by atoms with E-state index in [0.29, 0.717) is 18.4 Å². The Morgan fingerprint density at radius 2 is 1.93 bits per heavy atom. The first-order valence-electron chi connectivity index (χ1n) is 5.75. The minimum absolute atomic E-state index is 0.110. The van der Waals surface area contributed by atoms with Crippen molar-refractivity contribution in [3.63, 3.8) is 0 Å². The molecule has 0 amide bonds. The van der Waals surface area contributed by atoms with Crippen LogP contribution in [0.5, 0.6) is 0 Å². The smallest absolute Gasteiger partial charge is 0.305 e. The molecule has 0 aliphatic carbocycles. The summed E-state index contributed by atoms with van der Waals surface area (Å²) in [4.78, 5) is 10.9. The summed E-state index contributed by atoms with van der Waals surface area (Å²) in [6.45, 7) is 4.34. The molecule has 0 bridgehead atoms. The second-order valence-electron chi connectivity index (χ2n) is 3.98. The predicted octanol–water partition coefficient (Wildman–Crippen LogP) is 2.78. The zero-order valence-electron chi connectivity index (χ0n) is 10.4. The third-order valence-corrected chi connectivity index (χ3v) is 2.86. The molecule has 0 aromatic heterocycles. The summed E-state index contributed by atoms with van der Waals surface area (Å²) < 4.78 is 9.95. The number of carbonyl (C=O) groups excluding carboxylic acids is 1. The Labute approximate surface area is 93.1 Å². The van der Waals surface area contributed by atoms with E-state index in [1.165, 1.54) is 7.11 Å². The molecule has 0 saturated heterocycles. The van der Waals surface area contributed by atoms with E-state index in [9.17, 15) is 4.79 Å². The van der Waals surface area contributed by atoms with Gasteiger partial charge in [0.15, 0.2) is 0 Å². The number of hydrogen-bond acceptors (Lipinski definition) is 3. The first-order chi connectivity index (χ1) is 7.15. The highest BCUT2D eigenvalue weighted by Crippen LogP contribution is 2.17. The molecular formula is C12H24O3. The van der Waals surface area contributed by atoms with E-state index in [0.717, 1.165) is 25.7 Å². The second-order valence-corrected chi connectivity index (χ2v) is 3.98. The van der Waals surface area contributed by atoms with Crippen LogP contribution in [-0.2, 0) is 14.3 Å². The van der Waals surface area contributed by atoms with Gasteiger partial charge in [-0.25, -0.2) is 0 Å². The molecule has 0 aliphatic heterocycles. The maximum absolute atomic E-state index is 10.9. The molecule has 0 aromatic carbocycles. The summed E-state index contributed by atoms with van der Waals surface area (Å²) in [6.07, 6.45) is 5.03. The van der Waals surface area contributed by atoms with Gasteiger partial charge in [0.05, 0.1) is 13.2 Å². The van der Waals surface area contributed by atoms with Crippen molar-refractivity contribution in [1.82, 2.24) is 0 Å². The Bertz CT molecular complexity index is 164. The summed E-state index contributed by atoms with van der Waals surface area (Å²) in [5.74, 6) is 0.457. The van der Waals surface area contributed by atoms with Crippen LogP contribution in [-0.4, -0.2) is 26.3 Å². The third-order valence-electron chi connectivity index (χ3n) is 2.86. The van der Waals surface area contributed by atoms with Gasteiger partial charge < -0.3 is 9.47 Å². The summed E-state index contributed by atoms with van der Waals surface area (Å²) in [7, 11) is 3.20. The van der Waals surface area contributed by atoms with Gasteiger partial charge in [0.2, 0.25) is 0 Å². The van der Waals surface area contributed by atoms with Crippen LogP contribution in [0.25, 0.3) is 0 Å². The molecule has 2 atom stereocenters. The van der Waals surface area contributed by atoms with Gasteiger partial charge in [-0.3, -0.25) is 4.79 Å². The van der Waals surface area contributed by atoms with E-state index in [1.807, 2.05) is 0 Å². The largest absolute Gasteiger partial charge is 0.469 e. The van der Waals surface area contributed by atoms with E-state index >= 15 is 0 Å². The van der Waals surface area contributed by atoms with Gasteiger partial charge in [-0.15, -0.1) is 0 Å². The van der Waals surface area contributed by atoms with Crippen LogP contribution < -0.4 is 0 Å². The monoisotopic (exact) mass is 216 g/mol. The number of rotatable bonds is 8. The zero-order valence-corrected chi connectivity index (χ0v) is 10.4. The average Bonchev–Trinajstić information content (AvgIpc) is 2.25. The van der Waals surface area contributed by atoms with Gasteiger partial charge >= 0.3 is 5.97 Å². The summed E-state index contributed by atoms with van der Waals surface area (Å²) in [5.41, 5.74) is 0. The fourth-order valence-corrected chi connectivity index (χ4v) is 1.82. The lowest BCUT2D eigenvalue weighted by atomic mass is 9.96. The van der Waals surface area contributed by atoms with Crippen LogP contribution in [0.3, 0.4) is 0 Å². The number of unbranched alkanes of at least 4 members (excludes halogenated alkanes) is 1. The normalized spacial score (nSPS) is 14.7. The molecule has 0 heterocycles. The van der Waals surface area contributed by atoms with E-state index in [-0.39, 0.29) is 5.97 Å². The SMILES string of the molecule is CC[C@@H](OC)[C@@H](C)CCCCC(=O)OC. The minimum atomic E-state index is -0.110. The first-order valence-corrected chi connectivity index (χ1v) is 5.75. The van der Waals surface area contributed by atoms with Crippen LogP contribution in [0.1, 0.15) is 46.0 Å². The molecule has 0 fully saturated rings. The van der Waals surface area contributed by atoms with Crippen LogP contribution in [0, 0.1) is 5.92 Å². The zero-order chi connectivity index (χ0) is 11.7. The molecule has 0 radical (unpaired) electrons. The molecule has 90 valence electrons. The quantitative estimate of drug-likeness (QED) is 0.462. The maximum atomic E-state index is 10.9. The van der Waals surface area contributed by atoms with Crippen molar-refractivity contribution in [3.8, 4) is 0 Å². The van der Waals surface area contributed by atoms with Crippen LogP contribution >= 0.6 is 0 Å². The number of methoxy groups -OCH3 is 2. The topological polar surface area (TPSA) is 35.5 Å². The van der Waals surface area contributed by atoms with E-state index < -0.39 is 0 Å². The molecule has 15 heavy (non-hydrogen) atoms. The van der Waals surface area contributed by atoms with Crippen LogP contribution in [0.2, 0.25) is 0 Å². The van der Waals surface area contributed by atoms with E-state index in [1.54, 1.807) is 7.11 Å². The van der Waals surface area contributed by atoms with E-state index in [2.05, 4.69) is 18.6 Å². The average molecular weight is 216 g/mol. The summed E-state index contributed by atoms with van der Waals surface area (Å²) in [6, 6.07) is 0. The lowest BCUT2D eigenvalue weighted by molar-refractivity contribution is -0.140. The fraction of sp³-hybridized carbons (Fsp3) is 0.917. The molecule has 0 unspecified atom stereocenters. The van der Waals surface area contributed by atoms with Crippen molar-refractivity contribution in [1.29, 1.82) is 0 Å². The van der Waals surface area contributed by atoms with Crippen molar-refractivity contribution >= 4 is 5.97 Å². The molecular weight excluding hydrogens is 192 g/mol. The molecule has 0 rings (SSSR count). The molecule has 0 saturated carbocycles. The number of carbonyl (C=O) groups is 1. The van der Waals surface area contributed by atoms with Gasteiger partial charge in [0.25, 0.3) is 0 Å². The Morgan fingerprint density at radius 3 is 2.40 bits per heavy atom. The van der Waals surface area contributed by atoms with Crippen molar-refractivity contribution < 1.29 is 14.3 Å². The van der Waals surface area contributed by atoms with Gasteiger partial charge in [0.1, 0.15) is 0 Å². The lowest BCUT2D eigenvalue weighted by Crippen LogP contribution is -2.19. The number of esters is 1. The van der Waals surface area contributed by atoms with Gasteiger partial charge in [0, 0.05) is 13.5 Å². The Balaban J connectivity index is 3.53. The van der Waals surface area contributed by atoms with Gasteiger partial charge in [-0.1, -0.05) is 20.3 Å². The predicted molar refractivity (Wildman–Crippen MR) is 60.7 cm³/mol. The Kier molecular flexibility index (Phi) is 8.38. The van der Waals surface area contributed by atoms with Crippen LogP contribution in [0.15, 0.2) is 0 Å². The highest BCUT2D eigenvalue weighted by Gasteiger charge is 2.14. The standard InChI is InChI=1S/C12H24O3/c1-5-11(14-3)10(2)8-6-7-9-12(13)15-4/h10-11H,5-9H2,1-4H3/t10-,11+/m0/s1. The van der Waals surface area contributed by atoms with Crippen molar-refractivity contribution in [2.75, 3.05) is 14.2 Å². The molecule has 3 nitrogen and oxygen atoms in total. The minimum Gasteiger partial charge on any atom is -0.469 e. The molecule has 0 aromatic rings. The van der Waals surface area contributed by atoms with Crippen molar-refractivity contribution in [2.24, 2.45) is 5.92 Å². The Hall–Kier alpha value is -0.570. The highest BCUT2D eigenvalue weighted by atomic mass is 16.5. The molecule has 0 N–H and O–H groups in total. The first kappa shape index (κ1) is 14.4. The van der Waals surface area contributed by atoms with Gasteiger partial charge in [-0.05, 0) is 25.2 Å². The van der Waals surface area contributed by atoms with Crippen LogP contribution in [0.4, 0.5) is 0 Å². The second kappa shape index (κ2) is 8.72. The molecule has 0 aliphatic rings. The number of ether oxygens (including phenoxy) is 2. The maximum Gasteiger partial charge on any atom is 0.305 e. The summed E-state index contributed by atoms with van der Waals surface area (Å²) >= 11 is 0.